The quantitative estimate of drug-likeness (QED) is 0.320. The predicted octanol–water partition coefficient (Wildman–Crippen LogP) is 4.33. The van der Waals surface area contributed by atoms with Gasteiger partial charge in [0.1, 0.15) is 12.2 Å². The van der Waals surface area contributed by atoms with E-state index in [1.165, 1.54) is 19.3 Å². The number of carbonyl (C=O) groups excluding carboxylic acids is 1. The number of fused-ring (bicyclic) bond motifs is 1. The van der Waals surface area contributed by atoms with E-state index in [0.29, 0.717) is 33.6 Å². The topological polar surface area (TPSA) is 75.0 Å². The summed E-state index contributed by atoms with van der Waals surface area (Å²) in [6.07, 6.45) is 2.87. The third kappa shape index (κ3) is 4.43. The van der Waals surface area contributed by atoms with Crippen LogP contribution in [0.5, 0.6) is 11.5 Å². The summed E-state index contributed by atoms with van der Waals surface area (Å²) in [4.78, 5) is 23.9. The Bertz CT molecular complexity index is 1100. The number of hydrogen-bond donors (Lipinski definition) is 0. The van der Waals surface area contributed by atoms with Crippen molar-refractivity contribution in [3.05, 3.63) is 74.6 Å². The zero-order chi connectivity index (χ0) is 20.1. The molecule has 0 amide bonds. The van der Waals surface area contributed by atoms with Gasteiger partial charge >= 0.3 is 11.6 Å². The Morgan fingerprint density at radius 2 is 1.96 bits per heavy atom. The van der Waals surface area contributed by atoms with E-state index >= 15 is 0 Å². The van der Waals surface area contributed by atoms with Gasteiger partial charge in [-0.05, 0) is 30.3 Å². The molecular formula is C21H17BrO6. The van der Waals surface area contributed by atoms with E-state index in [4.69, 9.17) is 18.6 Å². The highest BCUT2D eigenvalue weighted by Gasteiger charge is 2.10. The molecule has 1 heterocycles. The molecule has 144 valence electrons. The van der Waals surface area contributed by atoms with E-state index in [9.17, 15) is 9.59 Å². The summed E-state index contributed by atoms with van der Waals surface area (Å²) < 4.78 is 21.8. The van der Waals surface area contributed by atoms with E-state index < -0.39 is 11.6 Å². The standard InChI is InChI=1S/C21H17BrO6/c1-25-17-5-3-4-13(21(17)26-2)6-9-19(23)27-12-14-10-20(24)28-18-11-15(22)7-8-16(14)18/h3-11H,12H2,1-2H3/b9-6+. The van der Waals surface area contributed by atoms with Crippen molar-refractivity contribution in [1.82, 2.24) is 0 Å². The summed E-state index contributed by atoms with van der Waals surface area (Å²) in [5.41, 5.74) is 1.16. The van der Waals surface area contributed by atoms with Crippen LogP contribution >= 0.6 is 15.9 Å². The minimum absolute atomic E-state index is 0.0534. The lowest BCUT2D eigenvalue weighted by atomic mass is 10.1. The van der Waals surface area contributed by atoms with Crippen molar-refractivity contribution in [3.8, 4) is 11.5 Å². The third-order valence-electron chi connectivity index (χ3n) is 3.99. The fourth-order valence-corrected chi connectivity index (χ4v) is 3.06. The number of rotatable bonds is 6. The first-order valence-electron chi connectivity index (χ1n) is 8.30. The summed E-state index contributed by atoms with van der Waals surface area (Å²) in [5, 5.41) is 0.703. The molecule has 0 aliphatic heterocycles. The van der Waals surface area contributed by atoms with Gasteiger partial charge in [-0.2, -0.15) is 0 Å². The van der Waals surface area contributed by atoms with Gasteiger partial charge in [-0.1, -0.05) is 28.1 Å². The summed E-state index contributed by atoms with van der Waals surface area (Å²) in [6.45, 7) is -0.0534. The maximum atomic E-state index is 12.1. The van der Waals surface area contributed by atoms with Crippen molar-refractivity contribution in [2.45, 2.75) is 6.61 Å². The van der Waals surface area contributed by atoms with Crippen LogP contribution in [0, 0.1) is 0 Å². The van der Waals surface area contributed by atoms with Crippen LogP contribution in [-0.2, 0) is 16.1 Å². The van der Waals surface area contributed by atoms with Gasteiger partial charge in [0.25, 0.3) is 0 Å². The summed E-state index contributed by atoms with van der Waals surface area (Å²) in [7, 11) is 3.07. The number of benzene rings is 2. The Balaban J connectivity index is 1.76. The smallest absolute Gasteiger partial charge is 0.336 e. The van der Waals surface area contributed by atoms with Crippen LogP contribution in [-0.4, -0.2) is 20.2 Å². The number of hydrogen-bond acceptors (Lipinski definition) is 6. The molecule has 7 heteroatoms. The van der Waals surface area contributed by atoms with Crippen molar-refractivity contribution < 1.29 is 23.4 Å². The van der Waals surface area contributed by atoms with Crippen molar-refractivity contribution in [1.29, 1.82) is 0 Å². The molecule has 0 unspecified atom stereocenters. The maximum Gasteiger partial charge on any atom is 0.336 e. The van der Waals surface area contributed by atoms with Gasteiger partial charge in [-0.15, -0.1) is 0 Å². The first-order valence-corrected chi connectivity index (χ1v) is 9.09. The molecule has 0 saturated heterocycles. The van der Waals surface area contributed by atoms with Crippen molar-refractivity contribution >= 4 is 38.9 Å². The molecule has 0 aliphatic carbocycles. The normalized spacial score (nSPS) is 11.0. The van der Waals surface area contributed by atoms with Gasteiger partial charge in [-0.25, -0.2) is 9.59 Å². The number of para-hydroxylation sites is 1. The largest absolute Gasteiger partial charge is 0.493 e. The SMILES string of the molecule is COc1cccc(/C=C/C(=O)OCc2cc(=O)oc3cc(Br)ccc23)c1OC. The first-order chi connectivity index (χ1) is 13.5. The van der Waals surface area contributed by atoms with Crippen LogP contribution in [0.2, 0.25) is 0 Å². The highest BCUT2D eigenvalue weighted by Crippen LogP contribution is 2.31. The van der Waals surface area contributed by atoms with Crippen LogP contribution in [0.1, 0.15) is 11.1 Å². The molecule has 1 aromatic heterocycles. The summed E-state index contributed by atoms with van der Waals surface area (Å²) in [6, 6.07) is 12.0. The van der Waals surface area contributed by atoms with Gasteiger partial charge in [-0.3, -0.25) is 0 Å². The molecule has 3 rings (SSSR count). The van der Waals surface area contributed by atoms with Gasteiger partial charge < -0.3 is 18.6 Å². The molecule has 0 saturated carbocycles. The fourth-order valence-electron chi connectivity index (χ4n) is 2.72. The van der Waals surface area contributed by atoms with E-state index in [0.717, 1.165) is 4.47 Å². The van der Waals surface area contributed by atoms with Gasteiger partial charge in [0.2, 0.25) is 0 Å². The molecule has 6 nitrogen and oxygen atoms in total. The molecule has 0 fully saturated rings. The molecule has 0 aliphatic rings. The molecule has 2 aromatic carbocycles. The lowest BCUT2D eigenvalue weighted by molar-refractivity contribution is -0.138. The van der Waals surface area contributed by atoms with E-state index in [2.05, 4.69) is 15.9 Å². The Hall–Kier alpha value is -3.06. The van der Waals surface area contributed by atoms with Gasteiger partial charge in [0.15, 0.2) is 11.5 Å². The Morgan fingerprint density at radius 1 is 1.14 bits per heavy atom. The number of methoxy groups -OCH3 is 2. The van der Waals surface area contributed by atoms with E-state index in [1.54, 1.807) is 43.5 Å². The minimum atomic E-state index is -0.552. The van der Waals surface area contributed by atoms with Crippen LogP contribution in [0.15, 0.2) is 62.2 Å². The highest BCUT2D eigenvalue weighted by atomic mass is 79.9. The van der Waals surface area contributed by atoms with E-state index in [-0.39, 0.29) is 6.61 Å². The Kier molecular flexibility index (Phi) is 6.16. The monoisotopic (exact) mass is 444 g/mol. The minimum Gasteiger partial charge on any atom is -0.493 e. The molecule has 0 N–H and O–H groups in total. The van der Waals surface area contributed by atoms with Crippen LogP contribution in [0.3, 0.4) is 0 Å². The van der Waals surface area contributed by atoms with Crippen LogP contribution in [0.25, 0.3) is 17.0 Å². The predicted molar refractivity (Wildman–Crippen MR) is 109 cm³/mol. The molecule has 3 aromatic rings. The van der Waals surface area contributed by atoms with Crippen molar-refractivity contribution in [3.63, 3.8) is 0 Å². The second-order valence-corrected chi connectivity index (χ2v) is 6.67. The zero-order valence-corrected chi connectivity index (χ0v) is 16.8. The second-order valence-electron chi connectivity index (χ2n) is 5.75. The molecule has 0 radical (unpaired) electrons. The summed E-state index contributed by atoms with van der Waals surface area (Å²) in [5.74, 6) is 0.529. The Labute approximate surface area is 169 Å². The second kappa shape index (κ2) is 8.75. The average Bonchev–Trinajstić information content (AvgIpc) is 2.69. The lowest BCUT2D eigenvalue weighted by Crippen LogP contribution is -2.05. The fraction of sp³-hybridized carbons (Fsp3) is 0.143. The van der Waals surface area contributed by atoms with Crippen LogP contribution in [0.4, 0.5) is 0 Å². The summed E-state index contributed by atoms with van der Waals surface area (Å²) >= 11 is 3.33. The van der Waals surface area contributed by atoms with Gasteiger partial charge in [0.05, 0.1) is 14.2 Å². The van der Waals surface area contributed by atoms with Crippen LogP contribution < -0.4 is 15.1 Å². The molecule has 0 atom stereocenters. The number of esters is 1. The highest BCUT2D eigenvalue weighted by molar-refractivity contribution is 9.10. The maximum absolute atomic E-state index is 12.1. The van der Waals surface area contributed by atoms with Crippen molar-refractivity contribution in [2.24, 2.45) is 0 Å². The number of carbonyl (C=O) groups is 1. The first kappa shape index (κ1) is 19.7. The Morgan fingerprint density at radius 3 is 2.71 bits per heavy atom. The average molecular weight is 445 g/mol. The lowest BCUT2D eigenvalue weighted by Gasteiger charge is -2.09. The molecule has 0 bridgehead atoms. The van der Waals surface area contributed by atoms with Gasteiger partial charge in [0, 0.05) is 33.1 Å². The number of halogens is 1. The molecule has 28 heavy (non-hydrogen) atoms. The number of ether oxygens (including phenoxy) is 3. The molecular weight excluding hydrogens is 428 g/mol. The van der Waals surface area contributed by atoms with Crippen molar-refractivity contribution in [2.75, 3.05) is 14.2 Å². The van der Waals surface area contributed by atoms with E-state index in [1.807, 2.05) is 6.07 Å². The third-order valence-corrected chi connectivity index (χ3v) is 4.49. The zero-order valence-electron chi connectivity index (χ0n) is 15.2. The molecule has 0 spiro atoms.